The molecule has 0 saturated carbocycles. The number of hydrogen-bond acceptors (Lipinski definition) is 5. The van der Waals surface area contributed by atoms with Crippen LogP contribution >= 0.6 is 11.3 Å². The zero-order valence-electron chi connectivity index (χ0n) is 13.5. The number of amides is 1. The summed E-state index contributed by atoms with van der Waals surface area (Å²) in [7, 11) is 0. The number of halogens is 1. The molecule has 3 aromatic rings. The van der Waals surface area contributed by atoms with Crippen molar-refractivity contribution in [1.82, 2.24) is 19.7 Å². The SMILES string of the molecule is Cc1nc(C)n(CC(=O)Nc2nc(-c3ccc(F)c(C)c3)cs2)n1. The molecule has 1 aromatic carbocycles. The van der Waals surface area contributed by atoms with Crippen LogP contribution in [-0.2, 0) is 11.3 Å². The number of benzene rings is 1. The number of nitrogens with zero attached hydrogens (tertiary/aromatic N) is 4. The highest BCUT2D eigenvalue weighted by molar-refractivity contribution is 7.14. The quantitative estimate of drug-likeness (QED) is 0.788. The molecule has 0 spiro atoms. The highest BCUT2D eigenvalue weighted by atomic mass is 32.1. The van der Waals surface area contributed by atoms with Crippen molar-refractivity contribution in [3.63, 3.8) is 0 Å². The minimum atomic E-state index is -0.249. The summed E-state index contributed by atoms with van der Waals surface area (Å²) in [4.78, 5) is 20.6. The van der Waals surface area contributed by atoms with E-state index < -0.39 is 0 Å². The van der Waals surface area contributed by atoms with Crippen LogP contribution in [0.25, 0.3) is 11.3 Å². The van der Waals surface area contributed by atoms with Gasteiger partial charge in [0.05, 0.1) is 5.69 Å². The van der Waals surface area contributed by atoms with Crippen molar-refractivity contribution in [2.24, 2.45) is 0 Å². The predicted molar refractivity (Wildman–Crippen MR) is 90.4 cm³/mol. The van der Waals surface area contributed by atoms with E-state index in [9.17, 15) is 9.18 Å². The zero-order valence-corrected chi connectivity index (χ0v) is 14.3. The first-order valence-electron chi connectivity index (χ1n) is 7.32. The maximum atomic E-state index is 13.3. The molecule has 6 nitrogen and oxygen atoms in total. The Morgan fingerprint density at radius 2 is 2.08 bits per heavy atom. The third-order valence-electron chi connectivity index (χ3n) is 3.46. The minimum Gasteiger partial charge on any atom is -0.300 e. The summed E-state index contributed by atoms with van der Waals surface area (Å²) in [5.74, 6) is 0.841. The third kappa shape index (κ3) is 3.48. The first kappa shape index (κ1) is 16.3. The van der Waals surface area contributed by atoms with Gasteiger partial charge in [-0.1, -0.05) is 0 Å². The maximum absolute atomic E-state index is 13.3. The van der Waals surface area contributed by atoms with Gasteiger partial charge in [0.15, 0.2) is 5.13 Å². The first-order valence-corrected chi connectivity index (χ1v) is 8.20. The fraction of sp³-hybridized carbons (Fsp3) is 0.250. The largest absolute Gasteiger partial charge is 0.300 e. The molecule has 0 aliphatic rings. The molecule has 0 fully saturated rings. The number of aryl methyl sites for hydroxylation is 3. The fourth-order valence-electron chi connectivity index (χ4n) is 2.27. The lowest BCUT2D eigenvalue weighted by molar-refractivity contribution is -0.116. The number of anilines is 1. The Kier molecular flexibility index (Phi) is 4.39. The van der Waals surface area contributed by atoms with Crippen LogP contribution in [0.2, 0.25) is 0 Å². The summed E-state index contributed by atoms with van der Waals surface area (Å²) < 4.78 is 14.9. The molecule has 1 N–H and O–H groups in total. The van der Waals surface area contributed by atoms with Gasteiger partial charge in [0.2, 0.25) is 5.91 Å². The van der Waals surface area contributed by atoms with E-state index in [1.807, 2.05) is 5.38 Å². The van der Waals surface area contributed by atoms with E-state index in [-0.39, 0.29) is 18.3 Å². The van der Waals surface area contributed by atoms with E-state index in [0.717, 1.165) is 5.56 Å². The van der Waals surface area contributed by atoms with Crippen LogP contribution in [-0.4, -0.2) is 25.7 Å². The van der Waals surface area contributed by atoms with Crippen molar-refractivity contribution < 1.29 is 9.18 Å². The summed E-state index contributed by atoms with van der Waals surface area (Å²) in [6.45, 7) is 5.36. The van der Waals surface area contributed by atoms with Crippen molar-refractivity contribution in [1.29, 1.82) is 0 Å². The number of carbonyl (C=O) groups excluding carboxylic acids is 1. The summed E-state index contributed by atoms with van der Waals surface area (Å²) in [5, 5.41) is 9.22. The van der Waals surface area contributed by atoms with Crippen LogP contribution in [0.3, 0.4) is 0 Å². The normalized spacial score (nSPS) is 10.8. The second kappa shape index (κ2) is 6.48. The van der Waals surface area contributed by atoms with Gasteiger partial charge in [-0.25, -0.2) is 19.0 Å². The number of carbonyl (C=O) groups is 1. The molecular weight excluding hydrogens is 329 g/mol. The van der Waals surface area contributed by atoms with Crippen LogP contribution in [0.5, 0.6) is 0 Å². The van der Waals surface area contributed by atoms with E-state index in [1.54, 1.807) is 37.6 Å². The average molecular weight is 345 g/mol. The van der Waals surface area contributed by atoms with E-state index in [2.05, 4.69) is 20.4 Å². The van der Waals surface area contributed by atoms with Crippen LogP contribution in [0.1, 0.15) is 17.2 Å². The van der Waals surface area contributed by atoms with Crippen molar-refractivity contribution >= 4 is 22.4 Å². The van der Waals surface area contributed by atoms with Gasteiger partial charge in [0, 0.05) is 10.9 Å². The summed E-state index contributed by atoms with van der Waals surface area (Å²) in [6.07, 6.45) is 0. The molecule has 0 aliphatic carbocycles. The average Bonchev–Trinajstić information content (AvgIpc) is 3.09. The van der Waals surface area contributed by atoms with Crippen LogP contribution in [0, 0.1) is 26.6 Å². The molecule has 2 aromatic heterocycles. The number of rotatable bonds is 4. The molecular formula is C16H16FN5OS. The molecule has 0 bridgehead atoms. The van der Waals surface area contributed by atoms with E-state index in [1.165, 1.54) is 17.4 Å². The van der Waals surface area contributed by atoms with Gasteiger partial charge in [-0.15, -0.1) is 11.3 Å². The second-order valence-corrected chi connectivity index (χ2v) is 6.27. The Bertz CT molecular complexity index is 902. The first-order chi connectivity index (χ1) is 11.4. The standard InChI is InChI=1S/C16H16FN5OS/c1-9-6-12(4-5-13(9)17)14-8-24-16(19-14)20-15(23)7-22-11(3)18-10(2)21-22/h4-6,8H,7H2,1-3H3,(H,19,20,23). The van der Waals surface area contributed by atoms with Gasteiger partial charge in [-0.2, -0.15) is 5.10 Å². The molecule has 124 valence electrons. The van der Waals surface area contributed by atoms with Crippen LogP contribution in [0.4, 0.5) is 9.52 Å². The second-order valence-electron chi connectivity index (χ2n) is 5.41. The van der Waals surface area contributed by atoms with E-state index >= 15 is 0 Å². The lowest BCUT2D eigenvalue weighted by Crippen LogP contribution is -2.20. The monoisotopic (exact) mass is 345 g/mol. The minimum absolute atomic E-state index is 0.0806. The lowest BCUT2D eigenvalue weighted by atomic mass is 10.1. The molecule has 1 amide bonds. The smallest absolute Gasteiger partial charge is 0.247 e. The topological polar surface area (TPSA) is 72.7 Å². The molecule has 8 heteroatoms. The van der Waals surface area contributed by atoms with Crippen molar-refractivity contribution in [2.75, 3.05) is 5.32 Å². The molecule has 0 aliphatic heterocycles. The number of thiazole rings is 1. The number of aromatic nitrogens is 4. The van der Waals surface area contributed by atoms with Crippen LogP contribution < -0.4 is 5.32 Å². The number of nitrogens with one attached hydrogen (secondary N) is 1. The fourth-order valence-corrected chi connectivity index (χ4v) is 3.01. The van der Waals surface area contributed by atoms with Gasteiger partial charge in [0.1, 0.15) is 24.0 Å². The van der Waals surface area contributed by atoms with Gasteiger partial charge in [-0.3, -0.25) is 4.79 Å². The molecule has 0 atom stereocenters. The molecule has 2 heterocycles. The van der Waals surface area contributed by atoms with Crippen molar-refractivity contribution in [2.45, 2.75) is 27.3 Å². The summed E-state index contributed by atoms with van der Waals surface area (Å²) in [6, 6.07) is 4.82. The summed E-state index contributed by atoms with van der Waals surface area (Å²) in [5.41, 5.74) is 2.07. The van der Waals surface area contributed by atoms with E-state index in [0.29, 0.717) is 28.0 Å². The maximum Gasteiger partial charge on any atom is 0.247 e. The lowest BCUT2D eigenvalue weighted by Gasteiger charge is -2.03. The Hall–Kier alpha value is -2.61. The number of hydrogen-bond donors (Lipinski definition) is 1. The Morgan fingerprint density at radius 1 is 1.29 bits per heavy atom. The van der Waals surface area contributed by atoms with Crippen molar-refractivity contribution in [3.8, 4) is 11.3 Å². The van der Waals surface area contributed by atoms with Crippen LogP contribution in [0.15, 0.2) is 23.6 Å². The zero-order chi connectivity index (χ0) is 17.3. The molecule has 0 saturated heterocycles. The Morgan fingerprint density at radius 3 is 2.75 bits per heavy atom. The highest BCUT2D eigenvalue weighted by Gasteiger charge is 2.12. The van der Waals surface area contributed by atoms with Gasteiger partial charge < -0.3 is 5.32 Å². The van der Waals surface area contributed by atoms with E-state index in [4.69, 9.17) is 0 Å². The highest BCUT2D eigenvalue weighted by Crippen LogP contribution is 2.26. The van der Waals surface area contributed by atoms with Crippen molar-refractivity contribution in [3.05, 3.63) is 46.6 Å². The molecule has 24 heavy (non-hydrogen) atoms. The molecule has 3 rings (SSSR count). The van der Waals surface area contributed by atoms with Gasteiger partial charge >= 0.3 is 0 Å². The third-order valence-corrected chi connectivity index (χ3v) is 4.22. The Labute approximate surface area is 142 Å². The molecule has 0 unspecified atom stereocenters. The van der Waals surface area contributed by atoms with Gasteiger partial charge in [0.25, 0.3) is 0 Å². The molecule has 0 radical (unpaired) electrons. The summed E-state index contributed by atoms with van der Waals surface area (Å²) >= 11 is 1.32. The Balaban J connectivity index is 1.70. The predicted octanol–water partition coefficient (Wildman–Crippen LogP) is 3.10. The van der Waals surface area contributed by atoms with Gasteiger partial charge in [-0.05, 0) is 44.5 Å².